The van der Waals surface area contributed by atoms with Crippen LogP contribution in [0.25, 0.3) is 0 Å². The molecule has 3 N–H and O–H groups in total. The largest absolute Gasteiger partial charge is 0.481 e. The van der Waals surface area contributed by atoms with Crippen molar-refractivity contribution in [2.45, 2.75) is 44.6 Å². The number of Topliss-reactive ketones (excluding diaryl/α,β-unsaturated/α-hetero) is 1. The minimum Gasteiger partial charge on any atom is -0.481 e. The van der Waals surface area contributed by atoms with Crippen LogP contribution >= 0.6 is 0 Å². The first-order valence-corrected chi connectivity index (χ1v) is 6.00. The minimum absolute atomic E-state index is 0.0121. The molecule has 1 unspecified atom stereocenters. The van der Waals surface area contributed by atoms with Crippen LogP contribution in [-0.2, 0) is 23.9 Å². The van der Waals surface area contributed by atoms with E-state index in [1.807, 2.05) is 0 Å². The van der Waals surface area contributed by atoms with Crippen molar-refractivity contribution in [1.29, 1.82) is 0 Å². The molecule has 0 rings (SSSR count). The van der Waals surface area contributed by atoms with E-state index in [0.717, 1.165) is 0 Å². The Hall–Kier alpha value is -1.96. The van der Waals surface area contributed by atoms with E-state index in [9.17, 15) is 24.3 Å². The number of carboxylic acid groups (broad SMARTS) is 2. The summed E-state index contributed by atoms with van der Waals surface area (Å²) in [5.41, 5.74) is -2.68. The van der Waals surface area contributed by atoms with E-state index < -0.39 is 36.4 Å². The van der Waals surface area contributed by atoms with Crippen LogP contribution in [0.1, 0.15) is 39.0 Å². The van der Waals surface area contributed by atoms with Gasteiger partial charge in [0, 0.05) is 6.42 Å². The maximum Gasteiger partial charge on any atom is 0.336 e. The van der Waals surface area contributed by atoms with Crippen LogP contribution in [0.3, 0.4) is 0 Å². The number of rotatable bonds is 10. The summed E-state index contributed by atoms with van der Waals surface area (Å²) < 4.78 is 4.68. The van der Waals surface area contributed by atoms with E-state index in [1.165, 1.54) is 6.92 Å². The average Bonchev–Trinajstić information content (AvgIpc) is 2.26. The number of hydrogen-bond acceptors (Lipinski definition) is 6. The first-order chi connectivity index (χ1) is 9.17. The number of hydrogen-bond donors (Lipinski definition) is 3. The summed E-state index contributed by atoms with van der Waals surface area (Å²) >= 11 is 0. The smallest absolute Gasteiger partial charge is 0.336 e. The highest BCUT2D eigenvalue weighted by Gasteiger charge is 2.41. The molecule has 0 saturated heterocycles. The Balaban J connectivity index is 4.18. The second kappa shape index (κ2) is 8.26. The number of aliphatic hydroxyl groups is 1. The Kier molecular flexibility index (Phi) is 7.45. The monoisotopic (exact) mass is 290 g/mol. The van der Waals surface area contributed by atoms with Gasteiger partial charge < -0.3 is 24.9 Å². The number of carbonyl (C=O) groups excluding carboxylic acids is 2. The molecule has 0 amide bonds. The fourth-order valence-corrected chi connectivity index (χ4v) is 1.42. The fraction of sp³-hybridized carbons (Fsp3) is 0.667. The van der Waals surface area contributed by atoms with E-state index in [-0.39, 0.29) is 12.4 Å². The number of carbonyl (C=O) groups is 4. The van der Waals surface area contributed by atoms with E-state index in [2.05, 4.69) is 4.74 Å². The van der Waals surface area contributed by atoms with Crippen LogP contribution in [-0.4, -0.2) is 51.2 Å². The van der Waals surface area contributed by atoms with Crippen molar-refractivity contribution < 1.29 is 39.2 Å². The van der Waals surface area contributed by atoms with E-state index in [1.54, 1.807) is 0 Å². The molecule has 114 valence electrons. The van der Waals surface area contributed by atoms with Crippen molar-refractivity contribution in [2.24, 2.45) is 0 Å². The number of carboxylic acids is 2. The van der Waals surface area contributed by atoms with Gasteiger partial charge in [0.05, 0.1) is 19.4 Å². The lowest BCUT2D eigenvalue weighted by Gasteiger charge is -2.20. The highest BCUT2D eigenvalue weighted by Crippen LogP contribution is 2.17. The molecule has 0 saturated carbocycles. The van der Waals surface area contributed by atoms with Crippen molar-refractivity contribution in [3.8, 4) is 0 Å². The van der Waals surface area contributed by atoms with E-state index >= 15 is 0 Å². The highest BCUT2D eigenvalue weighted by atomic mass is 16.5. The van der Waals surface area contributed by atoms with Crippen LogP contribution in [0.4, 0.5) is 0 Å². The summed E-state index contributed by atoms with van der Waals surface area (Å²) in [6, 6.07) is 0. The maximum absolute atomic E-state index is 11.3. The first-order valence-electron chi connectivity index (χ1n) is 6.00. The zero-order chi connectivity index (χ0) is 15.8. The van der Waals surface area contributed by atoms with Gasteiger partial charge in [-0.3, -0.25) is 9.59 Å². The number of ketones is 1. The van der Waals surface area contributed by atoms with Gasteiger partial charge in [-0.25, -0.2) is 4.79 Å². The molecule has 8 heteroatoms. The van der Waals surface area contributed by atoms with Gasteiger partial charge in [0.1, 0.15) is 5.78 Å². The molecule has 8 nitrogen and oxygen atoms in total. The van der Waals surface area contributed by atoms with Crippen LogP contribution in [0, 0.1) is 0 Å². The quantitative estimate of drug-likeness (QED) is 0.376. The Morgan fingerprint density at radius 1 is 1.05 bits per heavy atom. The lowest BCUT2D eigenvalue weighted by atomic mass is 9.96. The molecule has 0 aromatic rings. The molecule has 0 aliphatic rings. The maximum atomic E-state index is 11.3. The Morgan fingerprint density at radius 3 is 2.10 bits per heavy atom. The normalized spacial score (nSPS) is 13.3. The average molecular weight is 290 g/mol. The van der Waals surface area contributed by atoms with E-state index in [4.69, 9.17) is 10.2 Å². The zero-order valence-corrected chi connectivity index (χ0v) is 11.1. The summed E-state index contributed by atoms with van der Waals surface area (Å²) in [6.07, 6.45) is -0.727. The van der Waals surface area contributed by atoms with Gasteiger partial charge in [0.15, 0.2) is 5.60 Å². The molecule has 0 fully saturated rings. The van der Waals surface area contributed by atoms with Crippen molar-refractivity contribution in [2.75, 3.05) is 6.61 Å². The predicted molar refractivity (Wildman–Crippen MR) is 64.9 cm³/mol. The van der Waals surface area contributed by atoms with Crippen LogP contribution < -0.4 is 0 Å². The van der Waals surface area contributed by atoms with Crippen LogP contribution in [0.15, 0.2) is 0 Å². The third-order valence-electron chi connectivity index (χ3n) is 2.46. The number of unbranched alkanes of at least 4 members (excludes halogenated alkanes) is 1. The first kappa shape index (κ1) is 18.0. The van der Waals surface area contributed by atoms with Gasteiger partial charge in [-0.05, 0) is 19.8 Å². The van der Waals surface area contributed by atoms with Gasteiger partial charge in [-0.1, -0.05) is 0 Å². The van der Waals surface area contributed by atoms with Crippen LogP contribution in [0.2, 0.25) is 0 Å². The topological polar surface area (TPSA) is 138 Å². The second-order valence-corrected chi connectivity index (χ2v) is 4.46. The predicted octanol–water partition coefficient (Wildman–Crippen LogP) is -0.0306. The highest BCUT2D eigenvalue weighted by molar-refractivity contribution is 5.88. The molecule has 0 bridgehead atoms. The molecule has 0 aromatic heterocycles. The van der Waals surface area contributed by atoms with Gasteiger partial charge in [0.2, 0.25) is 0 Å². The second-order valence-electron chi connectivity index (χ2n) is 4.46. The molecule has 0 spiro atoms. The zero-order valence-electron chi connectivity index (χ0n) is 11.1. The minimum atomic E-state index is -2.68. The van der Waals surface area contributed by atoms with Gasteiger partial charge >= 0.3 is 17.9 Å². The number of aliphatic carboxylic acids is 2. The molecule has 0 heterocycles. The third-order valence-corrected chi connectivity index (χ3v) is 2.46. The molecule has 0 aliphatic carbocycles. The standard InChI is InChI=1S/C12H18O8/c1-8(13)4-2-3-5-20-10(16)7-12(19,11(17)18)6-9(14)15/h19H,2-7H2,1H3,(H,14,15)(H,17,18). The Morgan fingerprint density at radius 2 is 1.65 bits per heavy atom. The summed E-state index contributed by atoms with van der Waals surface area (Å²) in [6.45, 7) is 1.42. The van der Waals surface area contributed by atoms with Gasteiger partial charge in [0.25, 0.3) is 0 Å². The molecule has 0 aliphatic heterocycles. The van der Waals surface area contributed by atoms with Crippen molar-refractivity contribution >= 4 is 23.7 Å². The van der Waals surface area contributed by atoms with Crippen molar-refractivity contribution in [1.82, 2.24) is 0 Å². The number of esters is 1. The summed E-state index contributed by atoms with van der Waals surface area (Å²) in [7, 11) is 0. The molecular formula is C12H18O8. The summed E-state index contributed by atoms with van der Waals surface area (Å²) in [5, 5.41) is 26.8. The van der Waals surface area contributed by atoms with Crippen molar-refractivity contribution in [3.63, 3.8) is 0 Å². The summed E-state index contributed by atoms with van der Waals surface area (Å²) in [5.74, 6) is -4.32. The molecule has 0 radical (unpaired) electrons. The van der Waals surface area contributed by atoms with Crippen LogP contribution in [0.5, 0.6) is 0 Å². The van der Waals surface area contributed by atoms with Gasteiger partial charge in [-0.2, -0.15) is 0 Å². The van der Waals surface area contributed by atoms with Gasteiger partial charge in [-0.15, -0.1) is 0 Å². The number of ether oxygens (including phenoxy) is 1. The lowest BCUT2D eigenvalue weighted by Crippen LogP contribution is -2.43. The molecule has 1 atom stereocenters. The molecular weight excluding hydrogens is 272 g/mol. The Labute approximate surface area is 115 Å². The molecule has 20 heavy (non-hydrogen) atoms. The van der Waals surface area contributed by atoms with E-state index in [0.29, 0.717) is 19.3 Å². The fourth-order valence-electron chi connectivity index (χ4n) is 1.42. The molecule has 0 aromatic carbocycles. The van der Waals surface area contributed by atoms with Crippen molar-refractivity contribution in [3.05, 3.63) is 0 Å². The third kappa shape index (κ3) is 7.47. The SMILES string of the molecule is CC(=O)CCCCOC(=O)CC(O)(CC(=O)O)C(=O)O. The lowest BCUT2D eigenvalue weighted by molar-refractivity contribution is -0.172. The summed E-state index contributed by atoms with van der Waals surface area (Å²) in [4.78, 5) is 43.2. The Bertz CT molecular complexity index is 389.